The maximum atomic E-state index is 11.6. The van der Waals surface area contributed by atoms with Gasteiger partial charge in [-0.15, -0.1) is 0 Å². The molecular weight excluding hydrogens is 164 g/mol. The molecule has 0 fully saturated rings. The summed E-state index contributed by atoms with van der Waals surface area (Å²) in [7, 11) is 0. The maximum Gasteiger partial charge on any atom is 0.161 e. The van der Waals surface area contributed by atoms with Gasteiger partial charge >= 0.3 is 0 Å². The molecule has 0 radical (unpaired) electrons. The van der Waals surface area contributed by atoms with E-state index in [1.54, 1.807) is 0 Å². The number of carbonyl (C=O) groups excluding carboxylic acids is 2. The Balaban J connectivity index is 4.52. The highest BCUT2D eigenvalue weighted by Crippen LogP contribution is 2.27. The van der Waals surface area contributed by atoms with Gasteiger partial charge in [0.05, 0.1) is 0 Å². The Morgan fingerprint density at radius 3 is 1.92 bits per heavy atom. The van der Waals surface area contributed by atoms with Gasteiger partial charge in [-0.3, -0.25) is 9.59 Å². The predicted molar refractivity (Wildman–Crippen MR) is 53.4 cm³/mol. The summed E-state index contributed by atoms with van der Waals surface area (Å²) in [5.74, 6) is 0.196. The minimum atomic E-state index is -0.383. The third-order valence-electron chi connectivity index (χ3n) is 2.55. The van der Waals surface area contributed by atoms with Gasteiger partial charge in [0.2, 0.25) is 0 Å². The van der Waals surface area contributed by atoms with Gasteiger partial charge < -0.3 is 0 Å². The fourth-order valence-electron chi connectivity index (χ4n) is 0.692. The Morgan fingerprint density at radius 1 is 1.15 bits per heavy atom. The van der Waals surface area contributed by atoms with Crippen molar-refractivity contribution >= 4 is 11.6 Å². The lowest BCUT2D eigenvalue weighted by atomic mass is 9.77. The first-order valence-corrected chi connectivity index (χ1v) is 4.51. The van der Waals surface area contributed by atoms with Crippen LogP contribution in [0.5, 0.6) is 0 Å². The standard InChI is InChI=1S/C11H18O2/c1-8(2)11(4,5)10(13)7-6-9(3)12/h6-8H,1-5H3/b7-6+. The van der Waals surface area contributed by atoms with E-state index in [-0.39, 0.29) is 22.9 Å². The van der Waals surface area contributed by atoms with Gasteiger partial charge in [-0.25, -0.2) is 0 Å². The Labute approximate surface area is 80.0 Å². The molecule has 0 heterocycles. The van der Waals surface area contributed by atoms with Crippen LogP contribution in [0.2, 0.25) is 0 Å². The summed E-state index contributed by atoms with van der Waals surface area (Å²) in [5, 5.41) is 0. The van der Waals surface area contributed by atoms with Crippen molar-refractivity contribution in [1.82, 2.24) is 0 Å². The summed E-state index contributed by atoms with van der Waals surface area (Å²) in [6, 6.07) is 0. The number of carbonyl (C=O) groups is 2. The first-order valence-electron chi connectivity index (χ1n) is 4.51. The van der Waals surface area contributed by atoms with E-state index < -0.39 is 0 Å². The SMILES string of the molecule is CC(=O)/C=C/C(=O)C(C)(C)C(C)C. The topological polar surface area (TPSA) is 34.1 Å². The van der Waals surface area contributed by atoms with E-state index in [2.05, 4.69) is 0 Å². The highest BCUT2D eigenvalue weighted by atomic mass is 16.1. The maximum absolute atomic E-state index is 11.6. The van der Waals surface area contributed by atoms with Crippen molar-refractivity contribution in [3.05, 3.63) is 12.2 Å². The molecule has 0 amide bonds. The molecule has 0 saturated carbocycles. The normalized spacial score (nSPS) is 12.5. The lowest BCUT2D eigenvalue weighted by Crippen LogP contribution is -2.28. The van der Waals surface area contributed by atoms with Crippen molar-refractivity contribution in [2.75, 3.05) is 0 Å². The van der Waals surface area contributed by atoms with Gasteiger partial charge in [-0.05, 0) is 25.0 Å². The highest BCUT2D eigenvalue weighted by Gasteiger charge is 2.28. The Hall–Kier alpha value is -0.920. The smallest absolute Gasteiger partial charge is 0.161 e. The highest BCUT2D eigenvalue weighted by molar-refractivity contribution is 6.00. The van der Waals surface area contributed by atoms with Crippen molar-refractivity contribution in [3.63, 3.8) is 0 Å². The third kappa shape index (κ3) is 3.53. The summed E-state index contributed by atoms with van der Waals surface area (Å²) in [5.41, 5.74) is -0.383. The van der Waals surface area contributed by atoms with Crippen LogP contribution in [0.4, 0.5) is 0 Å². The van der Waals surface area contributed by atoms with Crippen LogP contribution in [0, 0.1) is 11.3 Å². The molecule has 2 nitrogen and oxygen atoms in total. The molecule has 0 aliphatic rings. The fourth-order valence-corrected chi connectivity index (χ4v) is 0.692. The van der Waals surface area contributed by atoms with E-state index >= 15 is 0 Å². The molecule has 0 spiro atoms. The largest absolute Gasteiger partial charge is 0.295 e. The number of rotatable bonds is 4. The van der Waals surface area contributed by atoms with Gasteiger partial charge in [-0.1, -0.05) is 27.7 Å². The fraction of sp³-hybridized carbons (Fsp3) is 0.636. The van der Waals surface area contributed by atoms with Gasteiger partial charge in [0.15, 0.2) is 11.6 Å². The van der Waals surface area contributed by atoms with Crippen LogP contribution in [0.15, 0.2) is 12.2 Å². The number of ketones is 2. The summed E-state index contributed by atoms with van der Waals surface area (Å²) < 4.78 is 0. The van der Waals surface area contributed by atoms with Crippen molar-refractivity contribution in [2.24, 2.45) is 11.3 Å². The molecule has 0 saturated heterocycles. The van der Waals surface area contributed by atoms with Crippen LogP contribution in [-0.4, -0.2) is 11.6 Å². The van der Waals surface area contributed by atoms with Crippen LogP contribution in [0.3, 0.4) is 0 Å². The molecule has 0 N–H and O–H groups in total. The van der Waals surface area contributed by atoms with E-state index in [1.807, 2.05) is 27.7 Å². The van der Waals surface area contributed by atoms with Crippen LogP contribution in [-0.2, 0) is 9.59 Å². The monoisotopic (exact) mass is 182 g/mol. The van der Waals surface area contributed by atoms with Gasteiger partial charge in [-0.2, -0.15) is 0 Å². The van der Waals surface area contributed by atoms with Crippen LogP contribution < -0.4 is 0 Å². The first kappa shape index (κ1) is 12.1. The zero-order valence-electron chi connectivity index (χ0n) is 9.05. The number of hydrogen-bond acceptors (Lipinski definition) is 2. The zero-order chi connectivity index (χ0) is 10.6. The number of allylic oxidation sites excluding steroid dienone is 2. The van der Waals surface area contributed by atoms with Gasteiger partial charge in [0, 0.05) is 5.41 Å². The summed E-state index contributed by atoms with van der Waals surface area (Å²) in [6.07, 6.45) is 2.70. The quantitative estimate of drug-likeness (QED) is 0.625. The Morgan fingerprint density at radius 2 is 1.62 bits per heavy atom. The molecule has 0 aliphatic carbocycles. The van der Waals surface area contributed by atoms with Crippen molar-refractivity contribution in [3.8, 4) is 0 Å². The first-order chi connectivity index (χ1) is 5.78. The minimum Gasteiger partial charge on any atom is -0.295 e. The van der Waals surface area contributed by atoms with Crippen molar-refractivity contribution in [2.45, 2.75) is 34.6 Å². The third-order valence-corrected chi connectivity index (χ3v) is 2.55. The van der Waals surface area contributed by atoms with E-state index in [1.165, 1.54) is 19.1 Å². The van der Waals surface area contributed by atoms with Gasteiger partial charge in [0.1, 0.15) is 0 Å². The zero-order valence-corrected chi connectivity index (χ0v) is 9.05. The van der Waals surface area contributed by atoms with E-state index in [0.29, 0.717) is 0 Å². The van der Waals surface area contributed by atoms with Gasteiger partial charge in [0.25, 0.3) is 0 Å². The number of hydrogen-bond donors (Lipinski definition) is 0. The molecule has 13 heavy (non-hydrogen) atoms. The van der Waals surface area contributed by atoms with Crippen LogP contribution >= 0.6 is 0 Å². The molecule has 2 heteroatoms. The summed E-state index contributed by atoms with van der Waals surface area (Å²) >= 11 is 0. The van der Waals surface area contributed by atoms with Crippen LogP contribution in [0.1, 0.15) is 34.6 Å². The minimum absolute atomic E-state index is 0.0118. The van der Waals surface area contributed by atoms with Crippen molar-refractivity contribution < 1.29 is 9.59 Å². The molecule has 0 bridgehead atoms. The molecule has 74 valence electrons. The van der Waals surface area contributed by atoms with Crippen molar-refractivity contribution in [1.29, 1.82) is 0 Å². The predicted octanol–water partition coefficient (Wildman–Crippen LogP) is 2.38. The lowest BCUT2D eigenvalue weighted by molar-refractivity contribution is -0.124. The molecule has 0 aromatic heterocycles. The molecule has 0 atom stereocenters. The average molecular weight is 182 g/mol. The molecule has 0 unspecified atom stereocenters. The van der Waals surface area contributed by atoms with E-state index in [9.17, 15) is 9.59 Å². The second-order valence-electron chi connectivity index (χ2n) is 4.18. The molecule has 0 rings (SSSR count). The average Bonchev–Trinajstić information content (AvgIpc) is 1.99. The Kier molecular flexibility index (Phi) is 4.05. The van der Waals surface area contributed by atoms with Crippen LogP contribution in [0.25, 0.3) is 0 Å². The molecule has 0 aliphatic heterocycles. The second kappa shape index (κ2) is 4.35. The molecular formula is C11H18O2. The molecule has 0 aromatic carbocycles. The summed E-state index contributed by atoms with van der Waals surface area (Å²) in [6.45, 7) is 9.22. The lowest BCUT2D eigenvalue weighted by Gasteiger charge is -2.25. The molecule has 0 aromatic rings. The Bertz CT molecular complexity index is 234. The van der Waals surface area contributed by atoms with E-state index in [0.717, 1.165) is 0 Å². The summed E-state index contributed by atoms with van der Waals surface area (Å²) in [4.78, 5) is 22.2. The second-order valence-corrected chi connectivity index (χ2v) is 4.18. The van der Waals surface area contributed by atoms with E-state index in [4.69, 9.17) is 0 Å².